The highest BCUT2D eigenvalue weighted by Gasteiger charge is 2.13. The van der Waals surface area contributed by atoms with Crippen LogP contribution >= 0.6 is 0 Å². The van der Waals surface area contributed by atoms with E-state index in [4.69, 9.17) is 4.74 Å². The van der Waals surface area contributed by atoms with Crippen molar-refractivity contribution in [1.29, 1.82) is 0 Å². The second-order valence-electron chi connectivity index (χ2n) is 4.72. The summed E-state index contributed by atoms with van der Waals surface area (Å²) in [4.78, 5) is 18.2. The molecule has 19 heavy (non-hydrogen) atoms. The molecule has 1 aliphatic heterocycles. The zero-order chi connectivity index (χ0) is 13.5. The molecule has 1 fully saturated rings. The first-order chi connectivity index (χ1) is 9.31. The maximum Gasteiger partial charge on any atom is 0.341 e. The van der Waals surface area contributed by atoms with E-state index < -0.39 is 0 Å². The van der Waals surface area contributed by atoms with Crippen LogP contribution in [-0.4, -0.2) is 49.1 Å². The molecule has 1 saturated heterocycles. The molecule has 0 aromatic carbocycles. The van der Waals surface area contributed by atoms with E-state index in [0.29, 0.717) is 11.4 Å². The van der Waals surface area contributed by atoms with E-state index in [1.165, 1.54) is 39.5 Å². The minimum Gasteiger partial charge on any atom is -0.465 e. The number of esters is 1. The van der Waals surface area contributed by atoms with Gasteiger partial charge >= 0.3 is 5.97 Å². The Bertz CT molecular complexity index is 417. The number of nitrogens with one attached hydrogen (secondary N) is 1. The Morgan fingerprint density at radius 2 is 2.21 bits per heavy atom. The van der Waals surface area contributed by atoms with Gasteiger partial charge in [0.2, 0.25) is 0 Å². The van der Waals surface area contributed by atoms with Crippen LogP contribution in [0.2, 0.25) is 0 Å². The monoisotopic (exact) mass is 263 g/mol. The van der Waals surface area contributed by atoms with Gasteiger partial charge in [-0.1, -0.05) is 6.42 Å². The van der Waals surface area contributed by atoms with Gasteiger partial charge < -0.3 is 15.0 Å². The second kappa shape index (κ2) is 7.09. The fourth-order valence-corrected chi connectivity index (χ4v) is 2.34. The lowest BCUT2D eigenvalue weighted by molar-refractivity contribution is 0.0601. The van der Waals surface area contributed by atoms with Crippen molar-refractivity contribution in [2.75, 3.05) is 38.6 Å². The SMILES string of the molecule is COC(=O)c1cccnc1NCCN1CCCCC1. The first-order valence-corrected chi connectivity index (χ1v) is 6.81. The third-order valence-electron chi connectivity index (χ3n) is 3.38. The second-order valence-corrected chi connectivity index (χ2v) is 4.72. The van der Waals surface area contributed by atoms with Crippen molar-refractivity contribution in [3.8, 4) is 0 Å². The van der Waals surface area contributed by atoms with Crippen LogP contribution in [0.1, 0.15) is 29.6 Å². The maximum atomic E-state index is 11.6. The fourth-order valence-electron chi connectivity index (χ4n) is 2.34. The highest BCUT2D eigenvalue weighted by Crippen LogP contribution is 2.13. The summed E-state index contributed by atoms with van der Waals surface area (Å²) in [5.41, 5.74) is 0.489. The van der Waals surface area contributed by atoms with Crippen LogP contribution in [0.4, 0.5) is 5.82 Å². The van der Waals surface area contributed by atoms with Crippen molar-refractivity contribution in [3.63, 3.8) is 0 Å². The molecule has 0 atom stereocenters. The average Bonchev–Trinajstić information content (AvgIpc) is 2.48. The van der Waals surface area contributed by atoms with Crippen LogP contribution in [0.15, 0.2) is 18.3 Å². The first kappa shape index (κ1) is 13.8. The third kappa shape index (κ3) is 3.92. The molecule has 0 unspecified atom stereocenters. The number of ether oxygens (including phenoxy) is 1. The van der Waals surface area contributed by atoms with Gasteiger partial charge in [0.1, 0.15) is 11.4 Å². The first-order valence-electron chi connectivity index (χ1n) is 6.81. The molecule has 104 valence electrons. The van der Waals surface area contributed by atoms with E-state index >= 15 is 0 Å². The standard InChI is InChI=1S/C14H21N3O2/c1-19-14(18)12-6-5-7-15-13(12)16-8-11-17-9-3-2-4-10-17/h5-7H,2-4,8-11H2,1H3,(H,15,16). The third-order valence-corrected chi connectivity index (χ3v) is 3.38. The summed E-state index contributed by atoms with van der Waals surface area (Å²) in [6, 6.07) is 3.46. The zero-order valence-electron chi connectivity index (χ0n) is 11.4. The number of pyridine rings is 1. The summed E-state index contributed by atoms with van der Waals surface area (Å²) in [5, 5.41) is 3.22. The molecule has 2 heterocycles. The molecule has 5 heteroatoms. The smallest absolute Gasteiger partial charge is 0.341 e. The summed E-state index contributed by atoms with van der Waals surface area (Å²) >= 11 is 0. The van der Waals surface area contributed by atoms with Crippen molar-refractivity contribution in [1.82, 2.24) is 9.88 Å². The summed E-state index contributed by atoms with van der Waals surface area (Å²) < 4.78 is 4.74. The van der Waals surface area contributed by atoms with Crippen LogP contribution in [0.3, 0.4) is 0 Å². The number of hydrogen-bond acceptors (Lipinski definition) is 5. The Balaban J connectivity index is 1.86. The van der Waals surface area contributed by atoms with Gasteiger partial charge in [-0.05, 0) is 38.1 Å². The number of piperidine rings is 1. The van der Waals surface area contributed by atoms with Gasteiger partial charge in [-0.3, -0.25) is 0 Å². The molecule has 2 rings (SSSR count). The van der Waals surface area contributed by atoms with E-state index in [9.17, 15) is 4.79 Å². The lowest BCUT2D eigenvalue weighted by atomic mass is 10.1. The van der Waals surface area contributed by atoms with Gasteiger partial charge in [0.05, 0.1) is 7.11 Å². The molecule has 1 aromatic heterocycles. The molecular weight excluding hydrogens is 242 g/mol. The maximum absolute atomic E-state index is 11.6. The van der Waals surface area contributed by atoms with Crippen LogP contribution in [0.5, 0.6) is 0 Å². The predicted octanol–water partition coefficient (Wildman–Crippen LogP) is 1.77. The fraction of sp³-hybridized carbons (Fsp3) is 0.571. The van der Waals surface area contributed by atoms with Crippen molar-refractivity contribution in [2.45, 2.75) is 19.3 Å². The molecule has 0 saturated carbocycles. The van der Waals surface area contributed by atoms with Crippen LogP contribution < -0.4 is 5.32 Å². The molecule has 1 N–H and O–H groups in total. The molecule has 0 amide bonds. The Kier molecular flexibility index (Phi) is 5.15. The highest BCUT2D eigenvalue weighted by atomic mass is 16.5. The van der Waals surface area contributed by atoms with E-state index in [-0.39, 0.29) is 5.97 Å². The molecular formula is C14H21N3O2. The van der Waals surface area contributed by atoms with Crippen LogP contribution in [0.25, 0.3) is 0 Å². The number of hydrogen-bond donors (Lipinski definition) is 1. The number of methoxy groups -OCH3 is 1. The number of anilines is 1. The number of nitrogens with zero attached hydrogens (tertiary/aromatic N) is 2. The summed E-state index contributed by atoms with van der Waals surface area (Å²) in [7, 11) is 1.38. The van der Waals surface area contributed by atoms with Gasteiger partial charge in [0.25, 0.3) is 0 Å². The van der Waals surface area contributed by atoms with Crippen molar-refractivity contribution in [3.05, 3.63) is 23.9 Å². The minimum atomic E-state index is -0.353. The molecule has 0 spiro atoms. The summed E-state index contributed by atoms with van der Waals surface area (Å²) in [6.45, 7) is 4.12. The van der Waals surface area contributed by atoms with Crippen molar-refractivity contribution >= 4 is 11.8 Å². The van der Waals surface area contributed by atoms with Gasteiger partial charge in [0.15, 0.2) is 0 Å². The predicted molar refractivity (Wildman–Crippen MR) is 74.4 cm³/mol. The van der Waals surface area contributed by atoms with Crippen LogP contribution in [0, 0.1) is 0 Å². The van der Waals surface area contributed by atoms with Gasteiger partial charge in [-0.15, -0.1) is 0 Å². The lowest BCUT2D eigenvalue weighted by Crippen LogP contribution is -2.34. The van der Waals surface area contributed by atoms with E-state index in [1.807, 2.05) is 0 Å². The largest absolute Gasteiger partial charge is 0.465 e. The summed E-state index contributed by atoms with van der Waals surface area (Å²) in [6.07, 6.45) is 5.60. The average molecular weight is 263 g/mol. The number of likely N-dealkylation sites (tertiary alicyclic amines) is 1. The van der Waals surface area contributed by atoms with E-state index in [2.05, 4.69) is 15.2 Å². The Morgan fingerprint density at radius 1 is 1.42 bits per heavy atom. The van der Waals surface area contributed by atoms with Crippen molar-refractivity contribution in [2.24, 2.45) is 0 Å². The molecule has 0 aliphatic carbocycles. The normalized spacial score (nSPS) is 16.1. The molecule has 1 aliphatic rings. The molecule has 0 bridgehead atoms. The molecule has 0 radical (unpaired) electrons. The van der Waals surface area contributed by atoms with Crippen molar-refractivity contribution < 1.29 is 9.53 Å². The lowest BCUT2D eigenvalue weighted by Gasteiger charge is -2.26. The Labute approximate surface area is 114 Å². The van der Waals surface area contributed by atoms with Gasteiger partial charge in [-0.2, -0.15) is 0 Å². The Hall–Kier alpha value is -1.62. The molecule has 5 nitrogen and oxygen atoms in total. The zero-order valence-corrected chi connectivity index (χ0v) is 11.4. The summed E-state index contributed by atoms with van der Waals surface area (Å²) in [5.74, 6) is 0.250. The number of rotatable bonds is 5. The van der Waals surface area contributed by atoms with Crippen LogP contribution in [-0.2, 0) is 4.74 Å². The molecule has 1 aromatic rings. The van der Waals surface area contributed by atoms with E-state index in [0.717, 1.165) is 13.1 Å². The Morgan fingerprint density at radius 3 is 2.95 bits per heavy atom. The number of aromatic nitrogens is 1. The highest BCUT2D eigenvalue weighted by molar-refractivity contribution is 5.94. The quantitative estimate of drug-likeness (QED) is 0.820. The minimum absolute atomic E-state index is 0.353. The number of carbonyl (C=O) groups excluding carboxylic acids is 1. The number of carbonyl (C=O) groups is 1. The van der Waals surface area contributed by atoms with Gasteiger partial charge in [0, 0.05) is 19.3 Å². The van der Waals surface area contributed by atoms with Gasteiger partial charge in [-0.25, -0.2) is 9.78 Å². The van der Waals surface area contributed by atoms with E-state index in [1.54, 1.807) is 18.3 Å². The topological polar surface area (TPSA) is 54.5 Å².